The van der Waals surface area contributed by atoms with Crippen molar-refractivity contribution in [2.45, 2.75) is 90.1 Å². The van der Waals surface area contributed by atoms with Crippen molar-refractivity contribution in [1.29, 1.82) is 5.26 Å². The molecule has 2 fully saturated rings. The molecule has 0 heterocycles. The van der Waals surface area contributed by atoms with Crippen molar-refractivity contribution in [2.24, 2.45) is 17.8 Å². The third-order valence-electron chi connectivity index (χ3n) is 5.59. The standard InChI is InChI=1S/C18H32N2/c1-14(2)17-11-10-15(3)12-18(17,13-19)20-16-8-6-4-5-7-9-16/h14-17,20H,4-12H2,1-3H3. The Morgan fingerprint density at radius 3 is 2.25 bits per heavy atom. The average Bonchev–Trinajstić information content (AvgIpc) is 2.67. The summed E-state index contributed by atoms with van der Waals surface area (Å²) in [5.74, 6) is 1.80. The van der Waals surface area contributed by atoms with Gasteiger partial charge in [-0.15, -0.1) is 0 Å². The van der Waals surface area contributed by atoms with Crippen LogP contribution in [-0.4, -0.2) is 11.6 Å². The molecule has 20 heavy (non-hydrogen) atoms. The predicted molar refractivity (Wildman–Crippen MR) is 84.3 cm³/mol. The summed E-state index contributed by atoms with van der Waals surface area (Å²) in [4.78, 5) is 0. The number of hydrogen-bond donors (Lipinski definition) is 1. The van der Waals surface area contributed by atoms with Crippen LogP contribution in [0.2, 0.25) is 0 Å². The molecule has 0 saturated heterocycles. The Labute approximate surface area is 125 Å². The fourth-order valence-corrected chi connectivity index (χ4v) is 4.53. The van der Waals surface area contributed by atoms with E-state index in [-0.39, 0.29) is 5.54 Å². The predicted octanol–water partition coefficient (Wildman–Crippen LogP) is 4.65. The van der Waals surface area contributed by atoms with Gasteiger partial charge in [-0.3, -0.25) is 5.32 Å². The summed E-state index contributed by atoms with van der Waals surface area (Å²) in [6, 6.07) is 3.31. The molecule has 114 valence electrons. The zero-order valence-electron chi connectivity index (χ0n) is 13.6. The van der Waals surface area contributed by atoms with Crippen molar-refractivity contribution < 1.29 is 0 Å². The van der Waals surface area contributed by atoms with Gasteiger partial charge in [0, 0.05) is 6.04 Å². The summed E-state index contributed by atoms with van der Waals surface area (Å²) in [6.45, 7) is 6.90. The molecule has 0 aromatic rings. The zero-order valence-corrected chi connectivity index (χ0v) is 13.6. The Balaban J connectivity index is 2.13. The van der Waals surface area contributed by atoms with Gasteiger partial charge in [-0.25, -0.2) is 0 Å². The van der Waals surface area contributed by atoms with Gasteiger partial charge in [-0.1, -0.05) is 52.9 Å². The Morgan fingerprint density at radius 2 is 1.70 bits per heavy atom. The molecule has 0 spiro atoms. The molecule has 3 unspecified atom stereocenters. The maximum absolute atomic E-state index is 9.97. The lowest BCUT2D eigenvalue weighted by Gasteiger charge is -2.46. The van der Waals surface area contributed by atoms with Crippen molar-refractivity contribution in [1.82, 2.24) is 5.32 Å². The second-order valence-corrected chi connectivity index (χ2v) is 7.65. The van der Waals surface area contributed by atoms with Crippen LogP contribution in [0.3, 0.4) is 0 Å². The van der Waals surface area contributed by atoms with Crippen LogP contribution in [0.1, 0.15) is 78.6 Å². The third kappa shape index (κ3) is 3.55. The molecule has 2 aliphatic rings. The summed E-state index contributed by atoms with van der Waals surface area (Å²) in [5, 5.41) is 13.8. The maximum Gasteiger partial charge on any atom is 0.110 e. The van der Waals surface area contributed by atoms with E-state index in [0.29, 0.717) is 23.8 Å². The summed E-state index contributed by atoms with van der Waals surface area (Å²) >= 11 is 0. The molecule has 2 nitrogen and oxygen atoms in total. The highest BCUT2D eigenvalue weighted by atomic mass is 15.0. The third-order valence-corrected chi connectivity index (χ3v) is 5.59. The lowest BCUT2D eigenvalue weighted by atomic mass is 9.65. The fourth-order valence-electron chi connectivity index (χ4n) is 4.53. The van der Waals surface area contributed by atoms with Crippen LogP contribution < -0.4 is 5.32 Å². The van der Waals surface area contributed by atoms with E-state index < -0.39 is 0 Å². The van der Waals surface area contributed by atoms with Gasteiger partial charge in [-0.05, 0) is 43.4 Å². The van der Waals surface area contributed by atoms with Gasteiger partial charge < -0.3 is 0 Å². The summed E-state index contributed by atoms with van der Waals surface area (Å²) in [6.07, 6.45) is 11.5. The SMILES string of the molecule is CC1CCC(C(C)C)C(C#N)(NC2CCCCCC2)C1. The van der Waals surface area contributed by atoms with E-state index in [0.717, 1.165) is 6.42 Å². The van der Waals surface area contributed by atoms with Crippen molar-refractivity contribution in [2.75, 3.05) is 0 Å². The molecule has 0 radical (unpaired) electrons. The minimum Gasteiger partial charge on any atom is -0.296 e. The normalized spacial score (nSPS) is 36.5. The van der Waals surface area contributed by atoms with E-state index in [9.17, 15) is 5.26 Å². The molecule has 2 rings (SSSR count). The number of hydrogen-bond acceptors (Lipinski definition) is 2. The smallest absolute Gasteiger partial charge is 0.110 e. The molecule has 0 aliphatic heterocycles. The Morgan fingerprint density at radius 1 is 1.05 bits per heavy atom. The topological polar surface area (TPSA) is 35.8 Å². The molecule has 0 amide bonds. The van der Waals surface area contributed by atoms with Crippen LogP contribution >= 0.6 is 0 Å². The highest BCUT2D eigenvalue weighted by Crippen LogP contribution is 2.41. The first-order chi connectivity index (χ1) is 9.57. The first kappa shape index (κ1) is 15.8. The Bertz CT molecular complexity index is 336. The van der Waals surface area contributed by atoms with Crippen LogP contribution in [0.15, 0.2) is 0 Å². The van der Waals surface area contributed by atoms with Gasteiger partial charge in [0.1, 0.15) is 5.54 Å². The van der Waals surface area contributed by atoms with Crippen molar-refractivity contribution >= 4 is 0 Å². The van der Waals surface area contributed by atoms with Crippen LogP contribution in [0, 0.1) is 29.1 Å². The van der Waals surface area contributed by atoms with E-state index in [1.807, 2.05) is 0 Å². The van der Waals surface area contributed by atoms with Crippen molar-refractivity contribution in [3.63, 3.8) is 0 Å². The number of nitrogens with one attached hydrogen (secondary N) is 1. The van der Waals surface area contributed by atoms with Crippen molar-refractivity contribution in [3.8, 4) is 6.07 Å². The first-order valence-electron chi connectivity index (χ1n) is 8.76. The number of rotatable bonds is 3. The van der Waals surface area contributed by atoms with E-state index >= 15 is 0 Å². The van der Waals surface area contributed by atoms with Gasteiger partial charge in [0.05, 0.1) is 6.07 Å². The zero-order chi connectivity index (χ0) is 14.6. The van der Waals surface area contributed by atoms with Gasteiger partial charge in [0.2, 0.25) is 0 Å². The highest BCUT2D eigenvalue weighted by Gasteiger charge is 2.45. The van der Waals surface area contributed by atoms with Crippen LogP contribution in [-0.2, 0) is 0 Å². The minimum absolute atomic E-state index is 0.263. The molecular formula is C18H32N2. The molecule has 3 atom stereocenters. The van der Waals surface area contributed by atoms with E-state index in [4.69, 9.17) is 0 Å². The lowest BCUT2D eigenvalue weighted by Crippen LogP contribution is -2.58. The molecular weight excluding hydrogens is 244 g/mol. The van der Waals surface area contributed by atoms with Crippen LogP contribution in [0.4, 0.5) is 0 Å². The summed E-state index contributed by atoms with van der Waals surface area (Å²) in [5.41, 5.74) is -0.263. The second kappa shape index (κ2) is 6.94. The van der Waals surface area contributed by atoms with Gasteiger partial charge in [0.15, 0.2) is 0 Å². The summed E-state index contributed by atoms with van der Waals surface area (Å²) in [7, 11) is 0. The van der Waals surface area contributed by atoms with E-state index in [1.54, 1.807) is 0 Å². The molecule has 0 aromatic heterocycles. The average molecular weight is 276 g/mol. The van der Waals surface area contributed by atoms with Crippen molar-refractivity contribution in [3.05, 3.63) is 0 Å². The monoisotopic (exact) mass is 276 g/mol. The Hall–Kier alpha value is -0.550. The second-order valence-electron chi connectivity index (χ2n) is 7.65. The Kier molecular flexibility index (Phi) is 5.49. The first-order valence-corrected chi connectivity index (χ1v) is 8.76. The molecule has 2 heteroatoms. The van der Waals surface area contributed by atoms with E-state index in [1.165, 1.54) is 51.4 Å². The molecule has 0 aromatic carbocycles. The largest absolute Gasteiger partial charge is 0.296 e. The minimum atomic E-state index is -0.263. The van der Waals surface area contributed by atoms with Crippen LogP contribution in [0.25, 0.3) is 0 Å². The van der Waals surface area contributed by atoms with E-state index in [2.05, 4.69) is 32.2 Å². The van der Waals surface area contributed by atoms with Gasteiger partial charge >= 0.3 is 0 Å². The number of nitriles is 1. The molecule has 0 bridgehead atoms. The quantitative estimate of drug-likeness (QED) is 0.761. The lowest BCUT2D eigenvalue weighted by molar-refractivity contribution is 0.104. The molecule has 1 N–H and O–H groups in total. The fraction of sp³-hybridized carbons (Fsp3) is 0.944. The summed E-state index contributed by atoms with van der Waals surface area (Å²) < 4.78 is 0. The highest BCUT2D eigenvalue weighted by molar-refractivity contribution is 5.15. The van der Waals surface area contributed by atoms with Gasteiger partial charge in [0.25, 0.3) is 0 Å². The number of nitrogens with zero attached hydrogens (tertiary/aromatic N) is 1. The molecule has 2 saturated carbocycles. The van der Waals surface area contributed by atoms with Crippen LogP contribution in [0.5, 0.6) is 0 Å². The maximum atomic E-state index is 9.97. The van der Waals surface area contributed by atoms with Gasteiger partial charge in [-0.2, -0.15) is 5.26 Å². The molecule has 2 aliphatic carbocycles.